The van der Waals surface area contributed by atoms with E-state index in [0.29, 0.717) is 6.61 Å². The van der Waals surface area contributed by atoms with Gasteiger partial charge in [-0.1, -0.05) is 18.2 Å². The number of ether oxygens (including phenoxy) is 2. The van der Waals surface area contributed by atoms with Gasteiger partial charge >= 0.3 is 5.97 Å². The molecule has 1 atom stereocenters. The summed E-state index contributed by atoms with van der Waals surface area (Å²) in [4.78, 5) is 11.9. The van der Waals surface area contributed by atoms with Crippen LogP contribution in [0.2, 0.25) is 0 Å². The number of carbonyl (C=O) groups excluding carboxylic acids is 1. The van der Waals surface area contributed by atoms with Crippen molar-refractivity contribution in [3.8, 4) is 5.75 Å². The summed E-state index contributed by atoms with van der Waals surface area (Å²) in [5.74, 6) is 0.607. The molecule has 0 amide bonds. The van der Waals surface area contributed by atoms with E-state index in [2.05, 4.69) is 0 Å². The Morgan fingerprint density at radius 2 is 2.06 bits per heavy atom. The number of benzene rings is 1. The molecule has 3 rings (SSSR count). The number of hydrogen-bond acceptors (Lipinski definition) is 3. The molecule has 84 valence electrons. The second kappa shape index (κ2) is 3.81. The molecule has 1 aliphatic carbocycles. The minimum absolute atomic E-state index is 0.0850. The molecule has 2 aliphatic rings. The first-order chi connectivity index (χ1) is 7.84. The van der Waals surface area contributed by atoms with E-state index in [-0.39, 0.29) is 18.0 Å². The van der Waals surface area contributed by atoms with Crippen LogP contribution < -0.4 is 4.74 Å². The van der Waals surface area contributed by atoms with Crippen LogP contribution >= 0.6 is 0 Å². The normalized spacial score (nSPS) is 23.1. The largest absolute Gasteiger partial charge is 0.493 e. The molecule has 0 aromatic heterocycles. The summed E-state index contributed by atoms with van der Waals surface area (Å²) < 4.78 is 10.9. The third-order valence-corrected chi connectivity index (χ3v) is 3.05. The van der Waals surface area contributed by atoms with Gasteiger partial charge in [0.2, 0.25) is 0 Å². The first kappa shape index (κ1) is 9.70. The van der Waals surface area contributed by atoms with Crippen LogP contribution in [0.5, 0.6) is 5.75 Å². The smallest absolute Gasteiger partial charge is 0.313 e. The molecule has 0 saturated heterocycles. The van der Waals surface area contributed by atoms with Crippen molar-refractivity contribution in [2.24, 2.45) is 0 Å². The van der Waals surface area contributed by atoms with Crippen LogP contribution in [-0.2, 0) is 9.53 Å². The van der Waals surface area contributed by atoms with Gasteiger partial charge in [0.1, 0.15) is 11.9 Å². The van der Waals surface area contributed by atoms with Crippen molar-refractivity contribution >= 4 is 5.97 Å². The summed E-state index contributed by atoms with van der Waals surface area (Å²) in [6, 6.07) is 7.72. The van der Waals surface area contributed by atoms with E-state index in [1.807, 2.05) is 24.3 Å². The van der Waals surface area contributed by atoms with E-state index in [4.69, 9.17) is 9.47 Å². The van der Waals surface area contributed by atoms with E-state index in [1.165, 1.54) is 0 Å². The van der Waals surface area contributed by atoms with Gasteiger partial charge in [-0.2, -0.15) is 0 Å². The van der Waals surface area contributed by atoms with E-state index >= 15 is 0 Å². The Balaban J connectivity index is 1.82. The quantitative estimate of drug-likeness (QED) is 0.714. The molecule has 0 radical (unpaired) electrons. The number of para-hydroxylation sites is 1. The van der Waals surface area contributed by atoms with Crippen LogP contribution in [-0.4, -0.2) is 18.7 Å². The van der Waals surface area contributed by atoms with Crippen LogP contribution in [0, 0.1) is 0 Å². The van der Waals surface area contributed by atoms with E-state index in [1.54, 1.807) is 0 Å². The molecular weight excluding hydrogens is 204 g/mol. The number of esters is 1. The van der Waals surface area contributed by atoms with Crippen LogP contribution in [0.25, 0.3) is 0 Å². The predicted molar refractivity (Wildman–Crippen MR) is 58.4 cm³/mol. The zero-order valence-electron chi connectivity index (χ0n) is 9.02. The highest BCUT2D eigenvalue weighted by Crippen LogP contribution is 2.35. The van der Waals surface area contributed by atoms with E-state index in [9.17, 15) is 4.79 Å². The maximum Gasteiger partial charge on any atom is 0.313 e. The molecule has 3 heteroatoms. The van der Waals surface area contributed by atoms with E-state index < -0.39 is 0 Å². The molecule has 16 heavy (non-hydrogen) atoms. The zero-order valence-corrected chi connectivity index (χ0v) is 9.02. The van der Waals surface area contributed by atoms with Gasteiger partial charge in [0, 0.05) is 5.56 Å². The van der Waals surface area contributed by atoms with Gasteiger partial charge < -0.3 is 9.47 Å². The fraction of sp³-hybridized carbons (Fsp3) is 0.462. The van der Waals surface area contributed by atoms with Crippen molar-refractivity contribution in [2.45, 2.75) is 31.3 Å². The van der Waals surface area contributed by atoms with Gasteiger partial charge in [-0.25, -0.2) is 0 Å². The Morgan fingerprint density at radius 1 is 1.25 bits per heavy atom. The highest BCUT2D eigenvalue weighted by molar-refractivity contribution is 5.79. The molecule has 3 nitrogen and oxygen atoms in total. The number of carbonyl (C=O) groups is 1. The number of rotatable bonds is 2. The van der Waals surface area contributed by atoms with Crippen LogP contribution in [0.15, 0.2) is 24.3 Å². The summed E-state index contributed by atoms with van der Waals surface area (Å²) >= 11 is 0. The van der Waals surface area contributed by atoms with Gasteiger partial charge in [0.25, 0.3) is 0 Å². The minimum Gasteiger partial charge on any atom is -0.493 e. The first-order valence-electron chi connectivity index (χ1n) is 5.77. The average molecular weight is 218 g/mol. The summed E-state index contributed by atoms with van der Waals surface area (Å²) in [5.41, 5.74) is 0.972. The molecule has 1 fully saturated rings. The van der Waals surface area contributed by atoms with E-state index in [0.717, 1.165) is 30.6 Å². The third kappa shape index (κ3) is 1.77. The molecule has 1 aromatic rings. The monoisotopic (exact) mass is 218 g/mol. The topological polar surface area (TPSA) is 35.5 Å². The van der Waals surface area contributed by atoms with Crippen molar-refractivity contribution in [3.63, 3.8) is 0 Å². The van der Waals surface area contributed by atoms with Gasteiger partial charge in [0.15, 0.2) is 0 Å². The van der Waals surface area contributed by atoms with Crippen molar-refractivity contribution in [2.75, 3.05) is 6.61 Å². The molecule has 1 saturated carbocycles. The molecule has 1 aromatic carbocycles. The lowest BCUT2D eigenvalue weighted by Gasteiger charge is -2.24. The van der Waals surface area contributed by atoms with Gasteiger partial charge in [-0.15, -0.1) is 0 Å². The van der Waals surface area contributed by atoms with Crippen molar-refractivity contribution in [1.82, 2.24) is 0 Å². The number of hydrogen-bond donors (Lipinski definition) is 0. The molecule has 0 bridgehead atoms. The van der Waals surface area contributed by atoms with Crippen LogP contribution in [0.3, 0.4) is 0 Å². The van der Waals surface area contributed by atoms with Gasteiger partial charge in [-0.3, -0.25) is 4.79 Å². The molecule has 1 heterocycles. The lowest BCUT2D eigenvalue weighted by molar-refractivity contribution is -0.147. The summed E-state index contributed by atoms with van der Waals surface area (Å²) in [6.45, 7) is 0.599. The molecule has 1 aliphatic heterocycles. The van der Waals surface area contributed by atoms with Crippen molar-refractivity contribution < 1.29 is 14.3 Å². The summed E-state index contributed by atoms with van der Waals surface area (Å²) in [7, 11) is 0. The SMILES string of the molecule is O=C(OC1CC1)C1CCOc2ccccc21. The Morgan fingerprint density at radius 3 is 2.88 bits per heavy atom. The van der Waals surface area contributed by atoms with Gasteiger partial charge in [0.05, 0.1) is 12.5 Å². The fourth-order valence-corrected chi connectivity index (χ4v) is 2.02. The highest BCUT2D eigenvalue weighted by Gasteiger charge is 2.33. The average Bonchev–Trinajstić information content (AvgIpc) is 3.12. The second-order valence-electron chi connectivity index (χ2n) is 4.36. The maximum absolute atomic E-state index is 11.9. The Kier molecular flexibility index (Phi) is 2.31. The lowest BCUT2D eigenvalue weighted by Crippen LogP contribution is -2.23. The second-order valence-corrected chi connectivity index (χ2v) is 4.36. The standard InChI is InChI=1S/C13H14O3/c14-13(16-9-5-6-9)11-7-8-15-12-4-2-1-3-10(11)12/h1-4,9,11H,5-8H2. The first-order valence-corrected chi connectivity index (χ1v) is 5.77. The van der Waals surface area contributed by atoms with Crippen molar-refractivity contribution in [1.29, 1.82) is 0 Å². The summed E-state index contributed by atoms with van der Waals surface area (Å²) in [5, 5.41) is 0. The van der Waals surface area contributed by atoms with Crippen LogP contribution in [0.4, 0.5) is 0 Å². The molecule has 0 spiro atoms. The minimum atomic E-state index is -0.134. The van der Waals surface area contributed by atoms with Gasteiger partial charge in [-0.05, 0) is 25.3 Å². The molecule has 1 unspecified atom stereocenters. The Labute approximate surface area is 94.4 Å². The number of fused-ring (bicyclic) bond motifs is 1. The summed E-state index contributed by atoms with van der Waals surface area (Å²) in [6.07, 6.45) is 2.96. The highest BCUT2D eigenvalue weighted by atomic mass is 16.5. The molecule has 0 N–H and O–H groups in total. The predicted octanol–water partition coefficient (Wildman–Crippen LogP) is 2.26. The molecular formula is C13H14O3. The maximum atomic E-state index is 11.9. The zero-order chi connectivity index (χ0) is 11.0. The van der Waals surface area contributed by atoms with Crippen LogP contribution in [0.1, 0.15) is 30.7 Å². The fourth-order valence-electron chi connectivity index (χ4n) is 2.02. The Hall–Kier alpha value is -1.51. The Bertz CT molecular complexity index is 409. The van der Waals surface area contributed by atoms with Crippen molar-refractivity contribution in [3.05, 3.63) is 29.8 Å². The third-order valence-electron chi connectivity index (χ3n) is 3.05. The lowest BCUT2D eigenvalue weighted by atomic mass is 9.93.